The third-order valence-corrected chi connectivity index (χ3v) is 5.43. The molecule has 142 valence electrons. The SMILES string of the molecule is CC(c1ccccc1)N1CCC(C)(C(=O)NCc2cc(F)cc(Cl)c2)C1=O. The second-order valence-electron chi connectivity index (χ2n) is 7.13. The van der Waals surface area contributed by atoms with Crippen LogP contribution in [0.3, 0.4) is 0 Å². The first-order valence-electron chi connectivity index (χ1n) is 8.90. The van der Waals surface area contributed by atoms with Gasteiger partial charge in [0, 0.05) is 18.1 Å². The average molecular weight is 389 g/mol. The van der Waals surface area contributed by atoms with Crippen LogP contribution in [0.1, 0.15) is 37.4 Å². The van der Waals surface area contributed by atoms with Gasteiger partial charge < -0.3 is 10.2 Å². The molecule has 1 saturated heterocycles. The van der Waals surface area contributed by atoms with Crippen molar-refractivity contribution in [1.29, 1.82) is 0 Å². The van der Waals surface area contributed by atoms with Crippen molar-refractivity contribution >= 4 is 23.4 Å². The van der Waals surface area contributed by atoms with Gasteiger partial charge in [0.1, 0.15) is 11.2 Å². The smallest absolute Gasteiger partial charge is 0.238 e. The lowest BCUT2D eigenvalue weighted by molar-refractivity contribution is -0.145. The molecule has 0 radical (unpaired) electrons. The maximum absolute atomic E-state index is 13.4. The van der Waals surface area contributed by atoms with E-state index >= 15 is 0 Å². The van der Waals surface area contributed by atoms with Crippen LogP contribution in [0.15, 0.2) is 48.5 Å². The molecule has 1 heterocycles. The lowest BCUT2D eigenvalue weighted by atomic mass is 9.87. The molecule has 6 heteroatoms. The summed E-state index contributed by atoms with van der Waals surface area (Å²) >= 11 is 5.84. The number of carbonyl (C=O) groups is 2. The molecule has 4 nitrogen and oxygen atoms in total. The molecule has 2 amide bonds. The first-order chi connectivity index (χ1) is 12.8. The average Bonchev–Trinajstić information content (AvgIpc) is 2.95. The van der Waals surface area contributed by atoms with E-state index in [2.05, 4.69) is 5.32 Å². The Labute approximate surface area is 163 Å². The second-order valence-corrected chi connectivity index (χ2v) is 7.56. The Bertz CT molecular complexity index is 838. The summed E-state index contributed by atoms with van der Waals surface area (Å²) in [6, 6.07) is 13.8. The maximum atomic E-state index is 13.4. The highest BCUT2D eigenvalue weighted by molar-refractivity contribution is 6.30. The molecule has 0 aliphatic carbocycles. The van der Waals surface area contributed by atoms with Crippen molar-refractivity contribution in [3.05, 3.63) is 70.5 Å². The Hall–Kier alpha value is -2.40. The fourth-order valence-electron chi connectivity index (χ4n) is 3.45. The number of rotatable bonds is 5. The molecule has 3 rings (SSSR count). The molecule has 0 aromatic heterocycles. The first-order valence-corrected chi connectivity index (χ1v) is 9.28. The zero-order valence-electron chi connectivity index (χ0n) is 15.3. The van der Waals surface area contributed by atoms with Crippen LogP contribution in [0, 0.1) is 11.2 Å². The molecule has 2 unspecified atom stereocenters. The number of carbonyl (C=O) groups excluding carboxylic acids is 2. The number of amides is 2. The van der Waals surface area contributed by atoms with Crippen molar-refractivity contribution < 1.29 is 14.0 Å². The molecule has 2 aromatic rings. The topological polar surface area (TPSA) is 49.4 Å². The fourth-order valence-corrected chi connectivity index (χ4v) is 3.70. The highest BCUT2D eigenvalue weighted by atomic mass is 35.5. The minimum absolute atomic E-state index is 0.102. The van der Waals surface area contributed by atoms with Crippen LogP contribution in [0.4, 0.5) is 4.39 Å². The van der Waals surface area contributed by atoms with Gasteiger partial charge in [-0.2, -0.15) is 0 Å². The summed E-state index contributed by atoms with van der Waals surface area (Å²) in [5.74, 6) is -0.998. The number of nitrogens with zero attached hydrogens (tertiary/aromatic N) is 1. The Balaban J connectivity index is 1.68. The maximum Gasteiger partial charge on any atom is 0.238 e. The molecule has 0 saturated carbocycles. The van der Waals surface area contributed by atoms with Crippen LogP contribution in [0.25, 0.3) is 0 Å². The number of benzene rings is 2. The van der Waals surface area contributed by atoms with Crippen LogP contribution in [0.2, 0.25) is 5.02 Å². The van der Waals surface area contributed by atoms with E-state index in [4.69, 9.17) is 11.6 Å². The summed E-state index contributed by atoms with van der Waals surface area (Å²) in [6.45, 7) is 4.27. The molecule has 0 spiro atoms. The van der Waals surface area contributed by atoms with Crippen LogP contribution < -0.4 is 5.32 Å². The predicted molar refractivity (Wildman–Crippen MR) is 103 cm³/mol. The third-order valence-electron chi connectivity index (χ3n) is 5.21. The van der Waals surface area contributed by atoms with E-state index in [0.717, 1.165) is 5.56 Å². The zero-order valence-corrected chi connectivity index (χ0v) is 16.1. The Morgan fingerprint density at radius 2 is 2.00 bits per heavy atom. The van der Waals surface area contributed by atoms with Crippen molar-refractivity contribution in [3.63, 3.8) is 0 Å². The van der Waals surface area contributed by atoms with Crippen LogP contribution in [-0.2, 0) is 16.1 Å². The number of likely N-dealkylation sites (tertiary alicyclic amines) is 1. The van der Waals surface area contributed by atoms with E-state index in [9.17, 15) is 14.0 Å². The minimum atomic E-state index is -1.12. The van der Waals surface area contributed by atoms with Gasteiger partial charge in [0.25, 0.3) is 0 Å². The van der Waals surface area contributed by atoms with Gasteiger partial charge in [-0.3, -0.25) is 9.59 Å². The van der Waals surface area contributed by atoms with E-state index < -0.39 is 11.2 Å². The van der Waals surface area contributed by atoms with E-state index in [0.29, 0.717) is 18.5 Å². The van der Waals surface area contributed by atoms with Gasteiger partial charge in [-0.15, -0.1) is 0 Å². The van der Waals surface area contributed by atoms with E-state index in [1.165, 1.54) is 12.1 Å². The van der Waals surface area contributed by atoms with Gasteiger partial charge in [-0.25, -0.2) is 4.39 Å². The number of hydrogen-bond acceptors (Lipinski definition) is 2. The second kappa shape index (κ2) is 7.69. The monoisotopic (exact) mass is 388 g/mol. The molecule has 2 aromatic carbocycles. The van der Waals surface area contributed by atoms with Crippen molar-refractivity contribution in [2.75, 3.05) is 6.54 Å². The highest BCUT2D eigenvalue weighted by Gasteiger charge is 2.49. The number of hydrogen-bond donors (Lipinski definition) is 1. The summed E-state index contributed by atoms with van der Waals surface area (Å²) in [7, 11) is 0. The van der Waals surface area contributed by atoms with Crippen molar-refractivity contribution in [1.82, 2.24) is 10.2 Å². The Kier molecular flexibility index (Phi) is 5.51. The van der Waals surface area contributed by atoms with Crippen molar-refractivity contribution in [3.8, 4) is 0 Å². The van der Waals surface area contributed by atoms with Crippen molar-refractivity contribution in [2.45, 2.75) is 32.9 Å². The number of halogens is 2. The van der Waals surface area contributed by atoms with Crippen molar-refractivity contribution in [2.24, 2.45) is 5.41 Å². The minimum Gasteiger partial charge on any atom is -0.351 e. The molecule has 1 aliphatic heterocycles. The van der Waals surface area contributed by atoms with Gasteiger partial charge >= 0.3 is 0 Å². The molecule has 2 atom stereocenters. The van der Waals surface area contributed by atoms with E-state index in [1.54, 1.807) is 17.9 Å². The first kappa shape index (κ1) is 19.4. The van der Waals surface area contributed by atoms with E-state index in [1.807, 2.05) is 37.3 Å². The van der Waals surface area contributed by atoms with Crippen LogP contribution in [-0.4, -0.2) is 23.3 Å². The van der Waals surface area contributed by atoms with Gasteiger partial charge in [0.05, 0.1) is 6.04 Å². The molecule has 27 heavy (non-hydrogen) atoms. The Morgan fingerprint density at radius 3 is 2.67 bits per heavy atom. The molecular weight excluding hydrogens is 367 g/mol. The standard InChI is InChI=1S/C21H22ClFN2O2/c1-14(16-6-4-3-5-7-16)25-9-8-21(2,20(25)27)19(26)24-13-15-10-17(22)12-18(23)11-15/h3-7,10-12,14H,8-9,13H2,1-2H3,(H,24,26). The molecule has 1 N–H and O–H groups in total. The largest absolute Gasteiger partial charge is 0.351 e. The quantitative estimate of drug-likeness (QED) is 0.784. The van der Waals surface area contributed by atoms with Gasteiger partial charge in [0.15, 0.2) is 0 Å². The summed E-state index contributed by atoms with van der Waals surface area (Å²) in [6.07, 6.45) is 0.443. The van der Waals surface area contributed by atoms with Crippen LogP contribution in [0.5, 0.6) is 0 Å². The molecule has 1 fully saturated rings. The van der Waals surface area contributed by atoms with E-state index in [-0.39, 0.29) is 29.4 Å². The van der Waals surface area contributed by atoms with Crippen LogP contribution >= 0.6 is 11.6 Å². The van der Waals surface area contributed by atoms with Gasteiger partial charge in [0.2, 0.25) is 11.8 Å². The fraction of sp³-hybridized carbons (Fsp3) is 0.333. The molecule has 1 aliphatic rings. The summed E-state index contributed by atoms with van der Waals surface area (Å²) < 4.78 is 13.4. The molecular formula is C21H22ClFN2O2. The normalized spacial score (nSPS) is 20.6. The summed E-state index contributed by atoms with van der Waals surface area (Å²) in [4.78, 5) is 27.5. The lowest BCUT2D eigenvalue weighted by Gasteiger charge is -2.27. The molecule has 0 bridgehead atoms. The summed E-state index contributed by atoms with van der Waals surface area (Å²) in [5, 5.41) is 3.02. The third kappa shape index (κ3) is 3.98. The Morgan fingerprint density at radius 1 is 1.30 bits per heavy atom. The summed E-state index contributed by atoms with van der Waals surface area (Å²) in [5.41, 5.74) is 0.460. The van der Waals surface area contributed by atoms with Gasteiger partial charge in [-0.1, -0.05) is 41.9 Å². The lowest BCUT2D eigenvalue weighted by Crippen LogP contribution is -2.45. The highest BCUT2D eigenvalue weighted by Crippen LogP contribution is 2.36. The number of nitrogens with one attached hydrogen (secondary N) is 1. The predicted octanol–water partition coefficient (Wildman–Crippen LogP) is 4.10. The zero-order chi connectivity index (χ0) is 19.6. The van der Waals surface area contributed by atoms with Gasteiger partial charge in [-0.05, 0) is 49.6 Å².